The fraction of sp³-hybridized carbons (Fsp3) is 0.304. The van der Waals surface area contributed by atoms with Crippen molar-refractivity contribution in [3.05, 3.63) is 65.5 Å². The van der Waals surface area contributed by atoms with Crippen LogP contribution >= 0.6 is 34.9 Å². The number of aromatic nitrogens is 4. The van der Waals surface area contributed by atoms with E-state index in [1.54, 1.807) is 28.0 Å². The van der Waals surface area contributed by atoms with Gasteiger partial charge in [-0.3, -0.25) is 4.79 Å². The van der Waals surface area contributed by atoms with Crippen molar-refractivity contribution in [2.24, 2.45) is 0 Å². The molecule has 0 spiro atoms. The monoisotopic (exact) mass is 483 g/mol. The fourth-order valence-corrected chi connectivity index (χ4v) is 6.23. The predicted molar refractivity (Wildman–Crippen MR) is 133 cm³/mol. The van der Waals surface area contributed by atoms with Crippen LogP contribution in [0.3, 0.4) is 0 Å². The van der Waals surface area contributed by atoms with E-state index in [2.05, 4.69) is 51.8 Å². The number of aryl methyl sites for hydroxylation is 1. The summed E-state index contributed by atoms with van der Waals surface area (Å²) in [7, 11) is 1.85. The van der Waals surface area contributed by atoms with Gasteiger partial charge in [0.25, 0.3) is 0 Å². The lowest BCUT2D eigenvalue weighted by atomic mass is 10.1. The first-order chi connectivity index (χ1) is 15.5. The second-order valence-corrected chi connectivity index (χ2v) is 10.5. The Bertz CT molecular complexity index is 1190. The minimum Gasteiger partial charge on any atom is -0.341 e. The molecule has 166 valence electrons. The average Bonchev–Trinajstić information content (AvgIpc) is 3.40. The maximum Gasteiger partial charge on any atom is 0.233 e. The molecule has 32 heavy (non-hydrogen) atoms. The quantitative estimate of drug-likeness (QED) is 0.303. The number of hydrogen-bond donors (Lipinski definition) is 0. The number of para-hydroxylation sites is 1. The molecule has 2 aromatic heterocycles. The fourth-order valence-electron chi connectivity index (χ4n) is 3.26. The van der Waals surface area contributed by atoms with Gasteiger partial charge in [-0.1, -0.05) is 59.9 Å². The van der Waals surface area contributed by atoms with Crippen LogP contribution in [0.5, 0.6) is 0 Å². The molecule has 0 unspecified atom stereocenters. The van der Waals surface area contributed by atoms with Gasteiger partial charge < -0.3 is 9.47 Å². The highest BCUT2D eigenvalue weighted by molar-refractivity contribution is 8.00. The number of carbonyl (C=O) groups is 1. The van der Waals surface area contributed by atoms with Crippen molar-refractivity contribution in [3.63, 3.8) is 0 Å². The van der Waals surface area contributed by atoms with Crippen molar-refractivity contribution in [2.45, 2.75) is 42.2 Å². The number of fused-ring (bicyclic) bond motifs is 1. The molecule has 0 radical (unpaired) electrons. The summed E-state index contributed by atoms with van der Waals surface area (Å²) in [6.07, 6.45) is 0. The van der Waals surface area contributed by atoms with Gasteiger partial charge in [0.05, 0.1) is 21.7 Å². The van der Waals surface area contributed by atoms with Crippen LogP contribution in [-0.4, -0.2) is 43.4 Å². The number of benzene rings is 2. The van der Waals surface area contributed by atoms with E-state index >= 15 is 0 Å². The van der Waals surface area contributed by atoms with E-state index in [4.69, 9.17) is 0 Å². The van der Waals surface area contributed by atoms with Crippen LogP contribution in [0.15, 0.2) is 58.0 Å². The molecular weight excluding hydrogens is 458 g/mol. The molecule has 0 aliphatic rings. The van der Waals surface area contributed by atoms with E-state index in [9.17, 15) is 4.79 Å². The van der Waals surface area contributed by atoms with E-state index in [1.807, 2.05) is 37.4 Å². The summed E-state index contributed by atoms with van der Waals surface area (Å²) in [6, 6.07) is 16.3. The number of hydrogen-bond acceptors (Lipinski definition) is 7. The first-order valence-electron chi connectivity index (χ1n) is 10.4. The third-order valence-corrected chi connectivity index (χ3v) is 8.25. The van der Waals surface area contributed by atoms with Gasteiger partial charge in [-0.25, -0.2) is 4.98 Å². The zero-order valence-corrected chi connectivity index (χ0v) is 20.8. The summed E-state index contributed by atoms with van der Waals surface area (Å²) in [5.74, 6) is 2.02. The van der Waals surface area contributed by atoms with Crippen molar-refractivity contribution in [1.82, 2.24) is 24.6 Å². The average molecular weight is 484 g/mol. The number of thiazole rings is 1. The predicted octanol–water partition coefficient (Wildman–Crippen LogP) is 5.26. The molecule has 0 saturated heterocycles. The van der Waals surface area contributed by atoms with Gasteiger partial charge >= 0.3 is 0 Å². The van der Waals surface area contributed by atoms with Crippen LogP contribution in [-0.2, 0) is 23.6 Å². The molecule has 0 bridgehead atoms. The first kappa shape index (κ1) is 22.8. The van der Waals surface area contributed by atoms with Crippen LogP contribution in [0.4, 0.5) is 0 Å². The van der Waals surface area contributed by atoms with E-state index in [1.165, 1.54) is 27.6 Å². The van der Waals surface area contributed by atoms with Crippen LogP contribution in [0.2, 0.25) is 0 Å². The lowest BCUT2D eigenvalue weighted by Crippen LogP contribution is -2.28. The number of amides is 1. The summed E-state index contributed by atoms with van der Waals surface area (Å²) in [5, 5.41) is 9.51. The van der Waals surface area contributed by atoms with Crippen LogP contribution in [0.1, 0.15) is 23.9 Å². The Balaban J connectivity index is 1.35. The SMILES string of the molecule is CCn1c(CSc2nc3ccccc3s2)nnc1SCC(=O)N(C)Cc1ccccc1C. The molecule has 9 heteroatoms. The molecule has 6 nitrogen and oxygen atoms in total. The molecule has 2 heterocycles. The van der Waals surface area contributed by atoms with Gasteiger partial charge in [-0.15, -0.1) is 21.5 Å². The molecule has 4 rings (SSSR count). The van der Waals surface area contributed by atoms with E-state index in [0.717, 1.165) is 27.4 Å². The van der Waals surface area contributed by atoms with E-state index < -0.39 is 0 Å². The zero-order valence-electron chi connectivity index (χ0n) is 18.3. The van der Waals surface area contributed by atoms with Crippen molar-refractivity contribution < 1.29 is 4.79 Å². The Morgan fingerprint density at radius 1 is 1.09 bits per heavy atom. The Labute approximate surface area is 200 Å². The van der Waals surface area contributed by atoms with Crippen LogP contribution in [0.25, 0.3) is 10.2 Å². The maximum absolute atomic E-state index is 12.7. The van der Waals surface area contributed by atoms with Gasteiger partial charge in [0.2, 0.25) is 5.91 Å². The topological polar surface area (TPSA) is 63.9 Å². The molecule has 0 N–H and O–H groups in total. The normalized spacial score (nSPS) is 11.2. The number of thioether (sulfide) groups is 2. The Morgan fingerprint density at radius 3 is 2.66 bits per heavy atom. The van der Waals surface area contributed by atoms with Crippen LogP contribution < -0.4 is 0 Å². The van der Waals surface area contributed by atoms with E-state index in [-0.39, 0.29) is 5.91 Å². The third kappa shape index (κ3) is 5.33. The second kappa shape index (κ2) is 10.5. The molecule has 2 aromatic carbocycles. The number of rotatable bonds is 9. The van der Waals surface area contributed by atoms with Gasteiger partial charge in [-0.05, 0) is 37.1 Å². The first-order valence-corrected chi connectivity index (χ1v) is 13.2. The summed E-state index contributed by atoms with van der Waals surface area (Å²) in [4.78, 5) is 19.1. The minimum atomic E-state index is 0.0781. The lowest BCUT2D eigenvalue weighted by molar-refractivity contribution is -0.127. The molecule has 0 fully saturated rings. The largest absolute Gasteiger partial charge is 0.341 e. The Morgan fingerprint density at radius 2 is 1.88 bits per heavy atom. The third-order valence-electron chi connectivity index (χ3n) is 5.13. The Kier molecular flexibility index (Phi) is 7.49. The van der Waals surface area contributed by atoms with Crippen molar-refractivity contribution >= 4 is 51.0 Å². The van der Waals surface area contributed by atoms with Gasteiger partial charge in [0.1, 0.15) is 5.82 Å². The number of nitrogens with zero attached hydrogens (tertiary/aromatic N) is 5. The summed E-state index contributed by atoms with van der Waals surface area (Å²) < 4.78 is 4.30. The summed E-state index contributed by atoms with van der Waals surface area (Å²) >= 11 is 4.81. The highest BCUT2D eigenvalue weighted by Crippen LogP contribution is 2.31. The number of carbonyl (C=O) groups excluding carboxylic acids is 1. The molecule has 1 amide bonds. The van der Waals surface area contributed by atoms with Gasteiger partial charge in [-0.2, -0.15) is 0 Å². The molecule has 4 aromatic rings. The highest BCUT2D eigenvalue weighted by Gasteiger charge is 2.16. The molecule has 0 aliphatic carbocycles. The second-order valence-electron chi connectivity index (χ2n) is 7.34. The molecule has 0 saturated carbocycles. The Hall–Kier alpha value is -2.36. The zero-order chi connectivity index (χ0) is 22.5. The summed E-state index contributed by atoms with van der Waals surface area (Å²) in [6.45, 7) is 5.51. The maximum atomic E-state index is 12.7. The molecule has 0 atom stereocenters. The highest BCUT2D eigenvalue weighted by atomic mass is 32.2. The van der Waals surface area contributed by atoms with Crippen LogP contribution in [0, 0.1) is 6.92 Å². The van der Waals surface area contributed by atoms with E-state index in [0.29, 0.717) is 18.1 Å². The van der Waals surface area contributed by atoms with Crippen molar-refractivity contribution in [2.75, 3.05) is 12.8 Å². The van der Waals surface area contributed by atoms with Gasteiger partial charge in [0, 0.05) is 20.1 Å². The minimum absolute atomic E-state index is 0.0781. The van der Waals surface area contributed by atoms with Crippen molar-refractivity contribution in [1.29, 1.82) is 0 Å². The molecule has 0 aliphatic heterocycles. The van der Waals surface area contributed by atoms with Gasteiger partial charge in [0.15, 0.2) is 9.50 Å². The van der Waals surface area contributed by atoms with Crippen molar-refractivity contribution in [3.8, 4) is 0 Å². The standard InChI is InChI=1S/C23H25N5OS3/c1-4-28-20(14-31-23-24-18-11-7-8-12-19(18)32-23)25-26-22(28)30-15-21(29)27(3)13-17-10-6-5-9-16(17)2/h5-12H,4,13-15H2,1-3H3. The smallest absolute Gasteiger partial charge is 0.233 e. The lowest BCUT2D eigenvalue weighted by Gasteiger charge is -2.18. The summed E-state index contributed by atoms with van der Waals surface area (Å²) in [5.41, 5.74) is 3.39. The molecular formula is C23H25N5OS3.